The number of aryl methyl sites for hydroxylation is 1. The van der Waals surface area contributed by atoms with Crippen molar-refractivity contribution in [2.24, 2.45) is 7.05 Å². The Morgan fingerprint density at radius 3 is 1.97 bits per heavy atom. The summed E-state index contributed by atoms with van der Waals surface area (Å²) in [6, 6.07) is 15.1. The second kappa shape index (κ2) is 9.10. The molecule has 0 unspecified atom stereocenters. The van der Waals surface area contributed by atoms with E-state index < -0.39 is 0 Å². The zero-order valence-electron chi connectivity index (χ0n) is 17.5. The summed E-state index contributed by atoms with van der Waals surface area (Å²) < 4.78 is 12.3. The minimum absolute atomic E-state index is 0.476. The van der Waals surface area contributed by atoms with E-state index in [-0.39, 0.29) is 0 Å². The molecule has 10 nitrogen and oxygen atoms in total. The third-order valence-electron chi connectivity index (χ3n) is 4.68. The highest BCUT2D eigenvalue weighted by Gasteiger charge is 2.12. The number of hydrogen-bond acceptors (Lipinski definition) is 8. The lowest BCUT2D eigenvalue weighted by atomic mass is 10.3. The van der Waals surface area contributed by atoms with Crippen LogP contribution in [-0.4, -0.2) is 39.8 Å². The van der Waals surface area contributed by atoms with E-state index in [1.165, 1.54) is 0 Å². The molecule has 33 heavy (non-hydrogen) atoms. The van der Waals surface area contributed by atoms with Crippen molar-refractivity contribution in [3.63, 3.8) is 0 Å². The molecule has 0 aliphatic carbocycles. The third kappa shape index (κ3) is 4.44. The van der Waals surface area contributed by atoms with Crippen LogP contribution >= 0.6 is 0 Å². The van der Waals surface area contributed by atoms with Gasteiger partial charge in [0.2, 0.25) is 11.6 Å². The second-order valence-electron chi connectivity index (χ2n) is 6.92. The van der Waals surface area contributed by atoms with Gasteiger partial charge < -0.3 is 18.6 Å². The summed E-state index contributed by atoms with van der Waals surface area (Å²) in [7, 11) is 1.93. The van der Waals surface area contributed by atoms with Crippen LogP contribution in [-0.2, 0) is 7.05 Å². The molecule has 0 fully saturated rings. The second-order valence-corrected chi connectivity index (χ2v) is 6.92. The molecule has 0 aromatic carbocycles. The number of hydrogen-bond donors (Lipinski definition) is 1. The molecule has 0 radical (unpaired) electrons. The molecule has 0 atom stereocenters. The fourth-order valence-corrected chi connectivity index (χ4v) is 3.03. The van der Waals surface area contributed by atoms with Gasteiger partial charge in [-0.3, -0.25) is 9.97 Å². The average molecular weight is 438 g/mol. The molecule has 0 aliphatic rings. The largest absolute Gasteiger partial charge is 0.357 e. The molecule has 162 valence electrons. The van der Waals surface area contributed by atoms with E-state index in [4.69, 9.17) is 9.05 Å². The van der Waals surface area contributed by atoms with Crippen molar-refractivity contribution < 1.29 is 9.05 Å². The third-order valence-corrected chi connectivity index (χ3v) is 4.68. The van der Waals surface area contributed by atoms with Crippen LogP contribution in [0.25, 0.3) is 45.9 Å². The van der Waals surface area contributed by atoms with Crippen LogP contribution in [0.15, 0.2) is 94.8 Å². The van der Waals surface area contributed by atoms with Gasteiger partial charge in [-0.05, 0) is 48.5 Å². The summed E-state index contributed by atoms with van der Waals surface area (Å²) in [4.78, 5) is 19.7. The van der Waals surface area contributed by atoms with Crippen LogP contribution in [0.1, 0.15) is 0 Å². The SMILES string of the molecule is Cn1cccc1-c1nc(-c2cccnc2)no1.c1cncc(-c2noc(-c3ccc[nH]3)n2)c1. The van der Waals surface area contributed by atoms with Crippen LogP contribution < -0.4 is 0 Å². The Morgan fingerprint density at radius 2 is 1.42 bits per heavy atom. The van der Waals surface area contributed by atoms with Crippen molar-refractivity contribution in [3.05, 3.63) is 85.7 Å². The molecular formula is C23H18N8O2. The standard InChI is InChI=1S/C12H10N4O.C11H8N4O/c1-16-7-3-5-10(16)12-14-11(15-17-12)9-4-2-6-13-8-9;1-3-8(7-12-5-1)10-14-11(16-15-10)9-4-2-6-13-9/h2-8H,1H3;1-7,13H. The van der Waals surface area contributed by atoms with Crippen LogP contribution in [0.5, 0.6) is 0 Å². The molecule has 6 rings (SSSR count). The molecule has 0 saturated heterocycles. The Kier molecular flexibility index (Phi) is 5.53. The molecule has 0 bridgehead atoms. The Bertz CT molecular complexity index is 1420. The van der Waals surface area contributed by atoms with E-state index in [1.54, 1.807) is 24.8 Å². The lowest BCUT2D eigenvalue weighted by Crippen LogP contribution is -1.89. The maximum atomic E-state index is 5.23. The molecule has 0 amide bonds. The van der Waals surface area contributed by atoms with Crippen molar-refractivity contribution in [2.75, 3.05) is 0 Å². The minimum atomic E-state index is 0.476. The highest BCUT2D eigenvalue weighted by molar-refractivity contribution is 5.57. The van der Waals surface area contributed by atoms with E-state index >= 15 is 0 Å². The van der Waals surface area contributed by atoms with Crippen molar-refractivity contribution in [3.8, 4) is 45.9 Å². The molecule has 0 aliphatic heterocycles. The van der Waals surface area contributed by atoms with Crippen LogP contribution in [0.3, 0.4) is 0 Å². The van der Waals surface area contributed by atoms with E-state index in [0.717, 1.165) is 22.5 Å². The molecule has 0 saturated carbocycles. The van der Waals surface area contributed by atoms with Crippen molar-refractivity contribution in [1.82, 2.24) is 39.8 Å². The molecule has 6 aromatic heterocycles. The number of nitrogens with zero attached hydrogens (tertiary/aromatic N) is 7. The summed E-state index contributed by atoms with van der Waals surface area (Å²) in [5, 5.41) is 7.84. The number of aromatic nitrogens is 8. The van der Waals surface area contributed by atoms with E-state index in [0.29, 0.717) is 23.4 Å². The highest BCUT2D eigenvalue weighted by atomic mass is 16.5. The molecule has 0 spiro atoms. The maximum absolute atomic E-state index is 5.23. The summed E-state index contributed by atoms with van der Waals surface area (Å²) in [5.41, 5.74) is 3.39. The van der Waals surface area contributed by atoms with Crippen molar-refractivity contribution in [1.29, 1.82) is 0 Å². The van der Waals surface area contributed by atoms with E-state index in [9.17, 15) is 0 Å². The molecular weight excluding hydrogens is 420 g/mol. The van der Waals surface area contributed by atoms with Gasteiger partial charge in [0.25, 0.3) is 11.8 Å². The number of rotatable bonds is 4. The molecule has 6 heterocycles. The average Bonchev–Trinajstić information content (AvgIpc) is 3.67. The zero-order chi connectivity index (χ0) is 22.5. The summed E-state index contributed by atoms with van der Waals surface area (Å²) in [6.07, 6.45) is 10.6. The quantitative estimate of drug-likeness (QED) is 0.433. The first kappa shape index (κ1) is 20.1. The predicted octanol–water partition coefficient (Wildman–Crippen LogP) is 4.26. The summed E-state index contributed by atoms with van der Waals surface area (Å²) in [5.74, 6) is 2.08. The normalized spacial score (nSPS) is 10.6. The van der Waals surface area contributed by atoms with Gasteiger partial charge in [0.1, 0.15) is 11.4 Å². The first-order chi connectivity index (χ1) is 16.3. The fraction of sp³-hybridized carbons (Fsp3) is 0.0435. The number of pyridine rings is 2. The van der Waals surface area contributed by atoms with Crippen molar-refractivity contribution >= 4 is 0 Å². The first-order valence-corrected chi connectivity index (χ1v) is 10.0. The monoisotopic (exact) mass is 438 g/mol. The van der Waals surface area contributed by atoms with E-state index in [1.807, 2.05) is 72.5 Å². The van der Waals surface area contributed by atoms with Crippen LogP contribution in [0.4, 0.5) is 0 Å². The Balaban J connectivity index is 0.000000139. The Morgan fingerprint density at radius 1 is 0.758 bits per heavy atom. The number of nitrogens with one attached hydrogen (secondary N) is 1. The topological polar surface area (TPSA) is 124 Å². The zero-order valence-corrected chi connectivity index (χ0v) is 17.5. The smallest absolute Gasteiger partial charge is 0.274 e. The van der Waals surface area contributed by atoms with Gasteiger partial charge in [-0.25, -0.2) is 0 Å². The molecule has 10 heteroatoms. The Hall–Kier alpha value is -4.86. The van der Waals surface area contributed by atoms with Gasteiger partial charge in [-0.15, -0.1) is 0 Å². The van der Waals surface area contributed by atoms with Gasteiger partial charge in [0, 0.05) is 55.4 Å². The van der Waals surface area contributed by atoms with Crippen LogP contribution in [0.2, 0.25) is 0 Å². The highest BCUT2D eigenvalue weighted by Crippen LogP contribution is 2.21. The number of H-pyrrole nitrogens is 1. The van der Waals surface area contributed by atoms with Crippen molar-refractivity contribution in [2.45, 2.75) is 0 Å². The van der Waals surface area contributed by atoms with Gasteiger partial charge in [0.15, 0.2) is 0 Å². The lowest BCUT2D eigenvalue weighted by molar-refractivity contribution is 0.429. The summed E-state index contributed by atoms with van der Waals surface area (Å²) in [6.45, 7) is 0. The number of aromatic amines is 1. The molecule has 1 N–H and O–H groups in total. The predicted molar refractivity (Wildman–Crippen MR) is 119 cm³/mol. The lowest BCUT2D eigenvalue weighted by Gasteiger charge is -1.94. The van der Waals surface area contributed by atoms with Gasteiger partial charge in [-0.1, -0.05) is 10.3 Å². The van der Waals surface area contributed by atoms with Gasteiger partial charge >= 0.3 is 0 Å². The maximum Gasteiger partial charge on any atom is 0.274 e. The van der Waals surface area contributed by atoms with E-state index in [2.05, 4.69) is 35.2 Å². The first-order valence-electron chi connectivity index (χ1n) is 10.0. The fourth-order valence-electron chi connectivity index (χ4n) is 3.03. The molecule has 6 aromatic rings. The minimum Gasteiger partial charge on any atom is -0.357 e. The van der Waals surface area contributed by atoms with Gasteiger partial charge in [-0.2, -0.15) is 9.97 Å². The Labute approximate surface area is 188 Å². The summed E-state index contributed by atoms with van der Waals surface area (Å²) >= 11 is 0. The van der Waals surface area contributed by atoms with Gasteiger partial charge in [0.05, 0.1) is 0 Å². The van der Waals surface area contributed by atoms with Crippen LogP contribution in [0, 0.1) is 0 Å².